The summed E-state index contributed by atoms with van der Waals surface area (Å²) >= 11 is 0. The Labute approximate surface area is 163 Å². The average molecular weight is 374 g/mol. The number of nitrogens with zero attached hydrogens (tertiary/aromatic N) is 5. The van der Waals surface area contributed by atoms with Crippen molar-refractivity contribution in [3.8, 4) is 11.1 Å². The number of amides is 1. The summed E-state index contributed by atoms with van der Waals surface area (Å²) in [7, 11) is 1.79. The van der Waals surface area contributed by atoms with E-state index in [0.717, 1.165) is 28.2 Å². The van der Waals surface area contributed by atoms with Gasteiger partial charge in [-0.25, -0.2) is 0 Å². The van der Waals surface area contributed by atoms with Crippen molar-refractivity contribution < 1.29 is 4.79 Å². The maximum absolute atomic E-state index is 12.7. The molecule has 0 radical (unpaired) electrons. The Morgan fingerprint density at radius 3 is 2.64 bits per heavy atom. The van der Waals surface area contributed by atoms with E-state index < -0.39 is 0 Å². The van der Waals surface area contributed by atoms with Crippen LogP contribution in [0.25, 0.3) is 16.8 Å². The zero-order chi connectivity index (χ0) is 19.8. The second-order valence-corrected chi connectivity index (χ2v) is 7.18. The largest absolute Gasteiger partial charge is 0.307 e. The molecule has 0 saturated heterocycles. The third-order valence-corrected chi connectivity index (χ3v) is 4.83. The number of carbonyl (C=O) groups excluding carboxylic acids is 1. The number of hydrogen-bond donors (Lipinski definition) is 1. The van der Waals surface area contributed by atoms with E-state index >= 15 is 0 Å². The number of aryl methyl sites for hydroxylation is 2. The van der Waals surface area contributed by atoms with Crippen LogP contribution < -0.4 is 5.32 Å². The molecule has 0 aliphatic rings. The minimum Gasteiger partial charge on any atom is -0.307 e. The summed E-state index contributed by atoms with van der Waals surface area (Å²) in [5.41, 5.74) is 4.47. The molecule has 1 amide bonds. The van der Waals surface area contributed by atoms with Crippen molar-refractivity contribution in [2.75, 3.05) is 5.32 Å². The molecule has 0 fully saturated rings. The Kier molecular flexibility index (Phi) is 4.43. The average Bonchev–Trinajstić information content (AvgIpc) is 3.27. The van der Waals surface area contributed by atoms with E-state index in [1.54, 1.807) is 24.0 Å². The highest BCUT2D eigenvalue weighted by atomic mass is 16.1. The SMILES string of the molecule is Cc1ccc(C(=O)Nc2ccnn2C)cc1-c1ccn2c(C(C)C)nnc2c1. The molecule has 0 aliphatic heterocycles. The first-order valence-electron chi connectivity index (χ1n) is 9.19. The minimum absolute atomic E-state index is 0.171. The van der Waals surface area contributed by atoms with Crippen LogP contribution in [0.1, 0.15) is 41.5 Å². The highest BCUT2D eigenvalue weighted by Gasteiger charge is 2.14. The second-order valence-electron chi connectivity index (χ2n) is 7.18. The summed E-state index contributed by atoms with van der Waals surface area (Å²) < 4.78 is 3.63. The summed E-state index contributed by atoms with van der Waals surface area (Å²) in [6.45, 7) is 6.23. The third-order valence-electron chi connectivity index (χ3n) is 4.83. The molecule has 1 N–H and O–H groups in total. The van der Waals surface area contributed by atoms with Gasteiger partial charge in [-0.05, 0) is 47.9 Å². The van der Waals surface area contributed by atoms with Crippen molar-refractivity contribution in [3.05, 3.63) is 65.7 Å². The zero-order valence-electron chi connectivity index (χ0n) is 16.3. The molecule has 1 aromatic carbocycles. The van der Waals surface area contributed by atoms with Gasteiger partial charge in [-0.1, -0.05) is 19.9 Å². The van der Waals surface area contributed by atoms with Gasteiger partial charge in [0.2, 0.25) is 0 Å². The minimum atomic E-state index is -0.171. The number of fused-ring (bicyclic) bond motifs is 1. The van der Waals surface area contributed by atoms with Crippen LogP contribution >= 0.6 is 0 Å². The molecule has 142 valence electrons. The predicted molar refractivity (Wildman–Crippen MR) is 108 cm³/mol. The molecule has 0 bridgehead atoms. The fraction of sp³-hybridized carbons (Fsp3) is 0.238. The summed E-state index contributed by atoms with van der Waals surface area (Å²) in [6.07, 6.45) is 3.64. The van der Waals surface area contributed by atoms with Crippen molar-refractivity contribution in [2.45, 2.75) is 26.7 Å². The van der Waals surface area contributed by atoms with Gasteiger partial charge >= 0.3 is 0 Å². The number of benzene rings is 1. The molecule has 0 atom stereocenters. The Morgan fingerprint density at radius 2 is 1.93 bits per heavy atom. The second kappa shape index (κ2) is 6.92. The first kappa shape index (κ1) is 17.9. The molecule has 7 nitrogen and oxygen atoms in total. The first-order chi connectivity index (χ1) is 13.4. The normalized spacial score (nSPS) is 11.3. The van der Waals surface area contributed by atoms with Crippen molar-refractivity contribution >= 4 is 17.4 Å². The van der Waals surface area contributed by atoms with Crippen LogP contribution in [0.5, 0.6) is 0 Å². The van der Waals surface area contributed by atoms with Crippen LogP contribution in [-0.2, 0) is 7.05 Å². The van der Waals surface area contributed by atoms with Gasteiger partial charge in [0.1, 0.15) is 11.6 Å². The van der Waals surface area contributed by atoms with Crippen molar-refractivity contribution in [1.29, 1.82) is 0 Å². The number of carbonyl (C=O) groups is 1. The fourth-order valence-corrected chi connectivity index (χ4v) is 3.23. The fourth-order valence-electron chi connectivity index (χ4n) is 3.23. The molecule has 4 aromatic rings. The van der Waals surface area contributed by atoms with E-state index in [1.165, 1.54) is 0 Å². The van der Waals surface area contributed by atoms with Crippen LogP contribution in [0, 0.1) is 6.92 Å². The van der Waals surface area contributed by atoms with Crippen LogP contribution in [0.3, 0.4) is 0 Å². The number of rotatable bonds is 4. The Hall–Kier alpha value is -3.48. The van der Waals surface area contributed by atoms with Gasteiger partial charge in [-0.3, -0.25) is 13.9 Å². The standard InChI is InChI=1S/C21H22N6O/c1-13(2)20-25-24-19-12-15(8-10-27(19)20)17-11-16(6-5-14(17)3)21(28)23-18-7-9-22-26(18)4/h5-13H,1-4H3,(H,23,28). The van der Waals surface area contributed by atoms with Gasteiger partial charge in [0.15, 0.2) is 5.65 Å². The van der Waals surface area contributed by atoms with Gasteiger partial charge in [0, 0.05) is 30.8 Å². The molecule has 0 unspecified atom stereocenters. The Morgan fingerprint density at radius 1 is 1.11 bits per heavy atom. The lowest BCUT2D eigenvalue weighted by atomic mass is 9.98. The van der Waals surface area contributed by atoms with Gasteiger partial charge in [-0.15, -0.1) is 10.2 Å². The predicted octanol–water partition coefficient (Wildman–Crippen LogP) is 3.81. The lowest BCUT2D eigenvalue weighted by Gasteiger charge is -2.11. The molecule has 3 heterocycles. The molecule has 0 saturated carbocycles. The molecule has 7 heteroatoms. The van der Waals surface area contributed by atoms with E-state index in [9.17, 15) is 4.79 Å². The van der Waals surface area contributed by atoms with E-state index in [0.29, 0.717) is 17.3 Å². The number of aromatic nitrogens is 5. The lowest BCUT2D eigenvalue weighted by molar-refractivity contribution is 0.102. The smallest absolute Gasteiger partial charge is 0.256 e. The lowest BCUT2D eigenvalue weighted by Crippen LogP contribution is -2.14. The zero-order valence-corrected chi connectivity index (χ0v) is 16.3. The molecule has 3 aromatic heterocycles. The Balaban J connectivity index is 1.70. The van der Waals surface area contributed by atoms with Crippen molar-refractivity contribution in [3.63, 3.8) is 0 Å². The van der Waals surface area contributed by atoms with Gasteiger partial charge in [0.25, 0.3) is 5.91 Å². The maximum atomic E-state index is 12.7. The van der Waals surface area contributed by atoms with Gasteiger partial charge in [-0.2, -0.15) is 5.10 Å². The van der Waals surface area contributed by atoms with Crippen LogP contribution in [0.4, 0.5) is 5.82 Å². The highest BCUT2D eigenvalue weighted by Crippen LogP contribution is 2.27. The van der Waals surface area contributed by atoms with Crippen LogP contribution in [-0.4, -0.2) is 30.3 Å². The molecular formula is C21H22N6O. The van der Waals surface area contributed by atoms with E-state index in [2.05, 4.69) is 34.5 Å². The molecular weight excluding hydrogens is 352 g/mol. The molecule has 28 heavy (non-hydrogen) atoms. The number of pyridine rings is 1. The molecule has 0 spiro atoms. The number of hydrogen-bond acceptors (Lipinski definition) is 4. The monoisotopic (exact) mass is 374 g/mol. The van der Waals surface area contributed by atoms with E-state index in [4.69, 9.17) is 0 Å². The topological polar surface area (TPSA) is 77.1 Å². The van der Waals surface area contributed by atoms with Gasteiger partial charge < -0.3 is 5.32 Å². The highest BCUT2D eigenvalue weighted by molar-refractivity contribution is 6.04. The number of anilines is 1. The van der Waals surface area contributed by atoms with Crippen LogP contribution in [0.15, 0.2) is 48.8 Å². The van der Waals surface area contributed by atoms with Crippen molar-refractivity contribution in [2.24, 2.45) is 7.05 Å². The summed E-state index contributed by atoms with van der Waals surface area (Å²) in [4.78, 5) is 12.7. The summed E-state index contributed by atoms with van der Waals surface area (Å²) in [5.74, 6) is 1.71. The van der Waals surface area contributed by atoms with Crippen molar-refractivity contribution in [1.82, 2.24) is 24.4 Å². The summed E-state index contributed by atoms with van der Waals surface area (Å²) in [5, 5.41) is 15.5. The first-order valence-corrected chi connectivity index (χ1v) is 9.19. The number of nitrogens with one attached hydrogen (secondary N) is 1. The van der Waals surface area contributed by atoms with E-state index in [1.807, 2.05) is 47.9 Å². The molecule has 0 aliphatic carbocycles. The Bertz CT molecular complexity index is 1170. The summed E-state index contributed by atoms with van der Waals surface area (Å²) in [6, 6.07) is 11.5. The van der Waals surface area contributed by atoms with Gasteiger partial charge in [0.05, 0.1) is 6.20 Å². The molecule has 4 rings (SSSR count). The third kappa shape index (κ3) is 3.15. The maximum Gasteiger partial charge on any atom is 0.256 e. The van der Waals surface area contributed by atoms with E-state index in [-0.39, 0.29) is 5.91 Å². The van der Waals surface area contributed by atoms with Crippen LogP contribution in [0.2, 0.25) is 0 Å². The quantitative estimate of drug-likeness (QED) is 0.589.